The van der Waals surface area contributed by atoms with E-state index >= 15 is 0 Å². The van der Waals surface area contributed by atoms with Crippen molar-refractivity contribution in [3.8, 4) is 17.2 Å². The van der Waals surface area contributed by atoms with Gasteiger partial charge in [0.05, 0.1) is 18.7 Å². The molecule has 11 heteroatoms. The minimum absolute atomic E-state index is 0.0584. The number of carbonyl (C=O) groups is 3. The first-order chi connectivity index (χ1) is 19.5. The summed E-state index contributed by atoms with van der Waals surface area (Å²) in [5.74, 6) is 0.885. The van der Waals surface area contributed by atoms with Crippen LogP contribution in [0.1, 0.15) is 34.3 Å². The van der Waals surface area contributed by atoms with Crippen LogP contribution in [0.25, 0.3) is 0 Å². The predicted octanol–water partition coefficient (Wildman–Crippen LogP) is 1.90. The molecule has 0 aliphatic carbocycles. The summed E-state index contributed by atoms with van der Waals surface area (Å²) < 4.78 is 17.5. The molecule has 1 fully saturated rings. The van der Waals surface area contributed by atoms with Gasteiger partial charge in [0.2, 0.25) is 5.91 Å². The Kier molecular flexibility index (Phi) is 8.38. The number of methoxy groups -OCH3 is 1. The smallest absolute Gasteiger partial charge is 0.258 e. The molecule has 208 valence electrons. The van der Waals surface area contributed by atoms with E-state index in [2.05, 4.69) is 20.6 Å². The average molecular weight is 546 g/mol. The third-order valence-corrected chi connectivity index (χ3v) is 6.92. The van der Waals surface area contributed by atoms with Crippen molar-refractivity contribution < 1.29 is 28.6 Å². The van der Waals surface area contributed by atoms with Crippen LogP contribution in [0.3, 0.4) is 0 Å². The molecule has 0 unspecified atom stereocenters. The van der Waals surface area contributed by atoms with Gasteiger partial charge in [-0.05, 0) is 41.8 Å². The van der Waals surface area contributed by atoms with Crippen molar-refractivity contribution in [3.05, 3.63) is 77.9 Å². The highest BCUT2D eigenvalue weighted by Gasteiger charge is 2.34. The van der Waals surface area contributed by atoms with Gasteiger partial charge in [-0.2, -0.15) is 0 Å². The van der Waals surface area contributed by atoms with Crippen LogP contribution in [-0.2, 0) is 22.6 Å². The number of aryl methyl sites for hydroxylation is 1. The fourth-order valence-electron chi connectivity index (χ4n) is 4.77. The molecule has 5 aliphatic heterocycles. The Labute approximate surface area is 231 Å². The van der Waals surface area contributed by atoms with Gasteiger partial charge in [-0.3, -0.25) is 14.4 Å². The summed E-state index contributed by atoms with van der Waals surface area (Å²) in [6.07, 6.45) is 5.29. The van der Waals surface area contributed by atoms with Crippen LogP contribution in [0.2, 0.25) is 0 Å². The number of aromatic nitrogens is 2. The van der Waals surface area contributed by atoms with Crippen LogP contribution in [0.5, 0.6) is 17.2 Å². The predicted molar refractivity (Wildman–Crippen MR) is 144 cm³/mol. The largest absolute Gasteiger partial charge is 0.493 e. The second-order valence-electron chi connectivity index (χ2n) is 9.69. The highest BCUT2D eigenvalue weighted by atomic mass is 16.5. The number of hydrogen-bond acceptors (Lipinski definition) is 8. The van der Waals surface area contributed by atoms with E-state index in [1.807, 2.05) is 30.3 Å². The summed E-state index contributed by atoms with van der Waals surface area (Å²) in [6, 6.07) is 12.4. The Hall–Kier alpha value is -4.67. The second kappa shape index (κ2) is 12.5. The standard InChI is InChI=1S/C29H31N5O6/c1-38-26-12-19-4-8-25(26)39-17-28(36)33-23-16-34(29(37)21-14-30-18-31-15-21)11-10-24(23)40-22-6-2-20(3-7-22)13-32-27(35)9-5-19/h2-4,6-8,12,14-15,18,23-24H,5,9-11,13,16-17H2,1H3,(H,32,35)(H,33,36)/t23-,24-/m1/s1. The lowest BCUT2D eigenvalue weighted by Gasteiger charge is -2.38. The van der Waals surface area contributed by atoms with Gasteiger partial charge in [-0.15, -0.1) is 0 Å². The Morgan fingerprint density at radius 2 is 1.80 bits per heavy atom. The van der Waals surface area contributed by atoms with Gasteiger partial charge in [-0.1, -0.05) is 18.2 Å². The lowest BCUT2D eigenvalue weighted by Crippen LogP contribution is -2.58. The maximum absolute atomic E-state index is 13.1. The Bertz CT molecular complexity index is 1350. The maximum Gasteiger partial charge on any atom is 0.258 e. The van der Waals surface area contributed by atoms with Gasteiger partial charge in [0, 0.05) is 44.9 Å². The average Bonchev–Trinajstić information content (AvgIpc) is 2.99. The molecule has 6 heterocycles. The number of nitrogens with one attached hydrogen (secondary N) is 2. The molecule has 0 spiro atoms. The van der Waals surface area contributed by atoms with E-state index in [-0.39, 0.29) is 37.0 Å². The molecule has 8 rings (SSSR count). The lowest BCUT2D eigenvalue weighted by atomic mass is 10.0. The summed E-state index contributed by atoms with van der Waals surface area (Å²) in [5.41, 5.74) is 2.23. The molecule has 2 N–H and O–H groups in total. The Morgan fingerprint density at radius 3 is 2.58 bits per heavy atom. The molecule has 4 bridgehead atoms. The number of rotatable bonds is 2. The highest BCUT2D eigenvalue weighted by molar-refractivity contribution is 5.93. The van der Waals surface area contributed by atoms with Gasteiger partial charge in [-0.25, -0.2) is 9.97 Å². The molecule has 0 saturated carbocycles. The molecule has 11 nitrogen and oxygen atoms in total. The lowest BCUT2D eigenvalue weighted by molar-refractivity contribution is -0.125. The zero-order chi connectivity index (χ0) is 27.9. The first-order valence-electron chi connectivity index (χ1n) is 13.1. The van der Waals surface area contributed by atoms with E-state index in [9.17, 15) is 14.4 Å². The van der Waals surface area contributed by atoms with E-state index in [4.69, 9.17) is 14.2 Å². The van der Waals surface area contributed by atoms with Gasteiger partial charge in [0.15, 0.2) is 18.1 Å². The van der Waals surface area contributed by atoms with E-state index < -0.39 is 6.04 Å². The first-order valence-corrected chi connectivity index (χ1v) is 13.1. The van der Waals surface area contributed by atoms with Crippen LogP contribution >= 0.6 is 0 Å². The number of nitrogens with zero attached hydrogens (tertiary/aromatic N) is 3. The number of amides is 3. The first kappa shape index (κ1) is 26.9. The van der Waals surface area contributed by atoms with Crippen molar-refractivity contribution in [2.24, 2.45) is 0 Å². The third-order valence-electron chi connectivity index (χ3n) is 6.92. The molecule has 1 aromatic heterocycles. The molecule has 5 aliphatic rings. The van der Waals surface area contributed by atoms with Crippen molar-refractivity contribution in [3.63, 3.8) is 0 Å². The third kappa shape index (κ3) is 6.66. The van der Waals surface area contributed by atoms with E-state index in [1.54, 1.807) is 17.0 Å². The van der Waals surface area contributed by atoms with E-state index in [1.165, 1.54) is 25.8 Å². The fraction of sp³-hybridized carbons (Fsp3) is 0.345. The number of hydrogen-bond donors (Lipinski definition) is 2. The van der Waals surface area contributed by atoms with E-state index in [0.29, 0.717) is 55.2 Å². The van der Waals surface area contributed by atoms with Gasteiger partial charge in [0.1, 0.15) is 18.2 Å². The monoisotopic (exact) mass is 545 g/mol. The van der Waals surface area contributed by atoms with Crippen molar-refractivity contribution >= 4 is 17.7 Å². The number of ether oxygens (including phenoxy) is 3. The molecule has 3 amide bonds. The SMILES string of the molecule is COc1cc2ccc1OCC(=O)N[C@@H]1CN(C(=O)c3cncnc3)CC[C@H]1Oc1ccc(cc1)CNC(=O)CC2. The van der Waals surface area contributed by atoms with Crippen LogP contribution in [-0.4, -0.2) is 71.5 Å². The van der Waals surface area contributed by atoms with Gasteiger partial charge >= 0.3 is 0 Å². The molecule has 2 aromatic carbocycles. The number of likely N-dealkylation sites (tertiary alicyclic amines) is 1. The van der Waals surface area contributed by atoms with Crippen molar-refractivity contribution in [1.82, 2.24) is 25.5 Å². The van der Waals surface area contributed by atoms with E-state index in [0.717, 1.165) is 11.1 Å². The van der Waals surface area contributed by atoms with Crippen molar-refractivity contribution in [2.75, 3.05) is 26.8 Å². The molecule has 2 atom stereocenters. The molecule has 1 saturated heterocycles. The maximum atomic E-state index is 13.1. The molecule has 0 radical (unpaired) electrons. The summed E-state index contributed by atoms with van der Waals surface area (Å²) in [4.78, 5) is 48.1. The van der Waals surface area contributed by atoms with Crippen LogP contribution in [0.4, 0.5) is 0 Å². The Morgan fingerprint density at radius 1 is 1.02 bits per heavy atom. The van der Waals surface area contributed by atoms with Crippen molar-refractivity contribution in [1.29, 1.82) is 0 Å². The van der Waals surface area contributed by atoms with Crippen molar-refractivity contribution in [2.45, 2.75) is 38.0 Å². The fourth-order valence-corrected chi connectivity index (χ4v) is 4.77. The molecule has 3 aromatic rings. The molecule has 40 heavy (non-hydrogen) atoms. The quantitative estimate of drug-likeness (QED) is 0.499. The summed E-state index contributed by atoms with van der Waals surface area (Å²) in [5, 5.41) is 5.95. The Balaban J connectivity index is 1.37. The zero-order valence-corrected chi connectivity index (χ0v) is 22.2. The number of carbonyl (C=O) groups excluding carboxylic acids is 3. The number of benzene rings is 2. The highest BCUT2D eigenvalue weighted by Crippen LogP contribution is 2.29. The number of piperidine rings is 1. The van der Waals surface area contributed by atoms with Crippen LogP contribution in [0, 0.1) is 0 Å². The van der Waals surface area contributed by atoms with Gasteiger partial charge in [0.25, 0.3) is 11.8 Å². The second-order valence-corrected chi connectivity index (χ2v) is 9.69. The summed E-state index contributed by atoms with van der Waals surface area (Å²) >= 11 is 0. The molecular formula is C29H31N5O6. The summed E-state index contributed by atoms with van der Waals surface area (Å²) in [7, 11) is 1.52. The topological polar surface area (TPSA) is 132 Å². The minimum atomic E-state index is -0.493. The van der Waals surface area contributed by atoms with Gasteiger partial charge < -0.3 is 29.7 Å². The normalized spacial score (nSPS) is 19.9. The van der Waals surface area contributed by atoms with Crippen LogP contribution < -0.4 is 24.8 Å². The molecular weight excluding hydrogens is 514 g/mol. The zero-order valence-electron chi connectivity index (χ0n) is 22.2. The summed E-state index contributed by atoms with van der Waals surface area (Å²) in [6.45, 7) is 0.829. The minimum Gasteiger partial charge on any atom is -0.493 e. The van der Waals surface area contributed by atoms with Crippen LogP contribution in [0.15, 0.2) is 61.2 Å².